The van der Waals surface area contributed by atoms with E-state index in [-0.39, 0.29) is 35.3 Å². The third-order valence-electron chi connectivity index (χ3n) is 1.94. The van der Waals surface area contributed by atoms with Crippen LogP contribution in [0.3, 0.4) is 0 Å². The Bertz CT molecular complexity index is 445. The molecule has 0 heterocycles. The first-order valence-corrected chi connectivity index (χ1v) is 4.60. The Kier molecular flexibility index (Phi) is 4.29. The van der Waals surface area contributed by atoms with E-state index in [0.29, 0.717) is 17.4 Å². The summed E-state index contributed by atoms with van der Waals surface area (Å²) in [4.78, 5) is 0.718. The molecule has 2 aromatic carbocycles. The third-order valence-corrected chi connectivity index (χ3v) is 2.50. The molecule has 0 radical (unpaired) electrons. The predicted octanol–water partition coefficient (Wildman–Crippen LogP) is -0.518. The number of hydrogen-bond donors (Lipinski definition) is 1. The van der Waals surface area contributed by atoms with Gasteiger partial charge in [0, 0.05) is 16.9 Å². The molecule has 0 amide bonds. The van der Waals surface area contributed by atoms with E-state index in [0.717, 1.165) is 10.3 Å². The van der Waals surface area contributed by atoms with Crippen molar-refractivity contribution in [3.8, 4) is 5.75 Å². The van der Waals surface area contributed by atoms with Crippen LogP contribution in [-0.2, 0) is 0 Å². The van der Waals surface area contributed by atoms with Gasteiger partial charge >= 0.3 is 29.6 Å². The summed E-state index contributed by atoms with van der Waals surface area (Å²) < 4.78 is 8.94. The summed E-state index contributed by atoms with van der Waals surface area (Å²) in [6.07, 6.45) is 0. The zero-order chi connectivity index (χ0) is 9.26. The van der Waals surface area contributed by atoms with Crippen molar-refractivity contribution in [2.45, 2.75) is 4.90 Å². The molecule has 0 aromatic heterocycles. The maximum atomic E-state index is 11.4. The molecule has 0 aliphatic rings. The van der Waals surface area contributed by atoms with Gasteiger partial charge in [0.25, 0.3) is 0 Å². The van der Waals surface area contributed by atoms with Crippen LogP contribution in [0.5, 0.6) is 5.75 Å². The molecular weight excluding hydrogens is 207 g/mol. The van der Waals surface area contributed by atoms with Gasteiger partial charge in [0.1, 0.15) is 0 Å². The minimum Gasteiger partial charge on any atom is -0.872 e. The summed E-state index contributed by atoms with van der Waals surface area (Å²) in [5.41, 5.74) is 0. The Labute approximate surface area is 108 Å². The van der Waals surface area contributed by atoms with Crippen molar-refractivity contribution in [1.82, 2.24) is 0 Å². The fourth-order valence-electron chi connectivity index (χ4n) is 1.32. The van der Waals surface area contributed by atoms with E-state index in [1.807, 2.05) is 18.2 Å². The van der Waals surface area contributed by atoms with Crippen molar-refractivity contribution in [1.29, 1.82) is 0 Å². The molecule has 0 fully saturated rings. The molecule has 66 valence electrons. The molecule has 0 atom stereocenters. The molecule has 1 N–H and O–H groups in total. The molecule has 14 heavy (non-hydrogen) atoms. The second kappa shape index (κ2) is 5.05. The van der Waals surface area contributed by atoms with Gasteiger partial charge in [-0.3, -0.25) is 0 Å². The van der Waals surface area contributed by atoms with Crippen LogP contribution in [0.25, 0.3) is 10.8 Å². The van der Waals surface area contributed by atoms with Gasteiger partial charge in [-0.2, -0.15) is 0 Å². The van der Waals surface area contributed by atoms with Crippen molar-refractivity contribution in [3.63, 3.8) is 0 Å². The van der Waals surface area contributed by atoms with Crippen LogP contribution < -0.4 is 34.7 Å². The second-order valence-electron chi connectivity index (χ2n) is 2.70. The predicted molar refractivity (Wildman–Crippen MR) is 51.9 cm³/mol. The molecule has 2 aromatic rings. The fourth-order valence-corrected chi connectivity index (χ4v) is 1.73. The largest absolute Gasteiger partial charge is 1.00 e. The van der Waals surface area contributed by atoms with E-state index < -0.39 is 0 Å². The van der Waals surface area contributed by atoms with Crippen molar-refractivity contribution >= 4 is 22.8 Å². The number of fused-ring (bicyclic) bond motifs is 1. The summed E-state index contributed by atoms with van der Waals surface area (Å²) in [6.45, 7) is 0. The second-order valence-corrected chi connectivity index (χ2v) is 3.32. The Balaban J connectivity index is 0.000000980. The molecule has 0 saturated carbocycles. The molecule has 4 heteroatoms. The molecule has 2 nitrogen and oxygen atoms in total. The van der Waals surface area contributed by atoms with Crippen molar-refractivity contribution < 1.29 is 39.2 Å². The van der Waals surface area contributed by atoms with E-state index in [1.165, 1.54) is 6.07 Å². The average Bonchev–Trinajstić information content (AvgIpc) is 2.19. The van der Waals surface area contributed by atoms with Crippen molar-refractivity contribution in [2.75, 3.05) is 0 Å². The Hall–Kier alpha value is -0.190. The summed E-state index contributed by atoms with van der Waals surface area (Å²) >= 11 is 0.668. The smallest absolute Gasteiger partial charge is 0.872 e. The van der Waals surface area contributed by atoms with Crippen LogP contribution >= 0.6 is 12.0 Å². The maximum Gasteiger partial charge on any atom is 1.00 e. The van der Waals surface area contributed by atoms with Crippen LogP contribution in [0.4, 0.5) is 0 Å². The van der Waals surface area contributed by atoms with Crippen LogP contribution in [0, 0.1) is 0 Å². The maximum absolute atomic E-state index is 11.4. The van der Waals surface area contributed by atoms with Gasteiger partial charge in [-0.05, 0) is 16.8 Å². The SMILES string of the molecule is [Na+].[O-]c1ccc(SO)c2ccccc12. The topological polar surface area (TPSA) is 43.3 Å². The van der Waals surface area contributed by atoms with Crippen LogP contribution in [0.1, 0.15) is 0 Å². The van der Waals surface area contributed by atoms with Gasteiger partial charge in [0.15, 0.2) is 0 Å². The molecular formula is C10H7NaO2S. The third kappa shape index (κ3) is 2.07. The minimum atomic E-state index is -0.00611. The molecule has 0 saturated heterocycles. The Morgan fingerprint density at radius 2 is 1.64 bits per heavy atom. The summed E-state index contributed by atoms with van der Waals surface area (Å²) in [5, 5.41) is 12.8. The zero-order valence-electron chi connectivity index (χ0n) is 7.73. The minimum absolute atomic E-state index is 0. The summed E-state index contributed by atoms with van der Waals surface area (Å²) in [7, 11) is 0. The molecule has 0 unspecified atom stereocenters. The van der Waals surface area contributed by atoms with Crippen LogP contribution in [0.15, 0.2) is 41.3 Å². The van der Waals surface area contributed by atoms with Gasteiger partial charge in [-0.1, -0.05) is 30.3 Å². The number of benzene rings is 2. The molecule has 0 aliphatic heterocycles. The normalized spacial score (nSPS) is 9.79. The van der Waals surface area contributed by atoms with Crippen LogP contribution in [0.2, 0.25) is 0 Å². The summed E-state index contributed by atoms with van der Waals surface area (Å²) in [5.74, 6) is -0.00611. The number of hydrogen-bond acceptors (Lipinski definition) is 3. The molecule has 0 bridgehead atoms. The van der Waals surface area contributed by atoms with Gasteiger partial charge in [0.2, 0.25) is 0 Å². The first-order valence-electron chi connectivity index (χ1n) is 3.83. The average molecular weight is 214 g/mol. The van der Waals surface area contributed by atoms with Gasteiger partial charge < -0.3 is 9.66 Å². The van der Waals surface area contributed by atoms with E-state index in [1.54, 1.807) is 12.1 Å². The van der Waals surface area contributed by atoms with Crippen LogP contribution in [-0.4, -0.2) is 4.55 Å². The van der Waals surface area contributed by atoms with E-state index in [2.05, 4.69) is 0 Å². The first kappa shape index (κ1) is 11.9. The number of rotatable bonds is 1. The fraction of sp³-hybridized carbons (Fsp3) is 0. The van der Waals surface area contributed by atoms with Crippen molar-refractivity contribution in [2.24, 2.45) is 0 Å². The Morgan fingerprint density at radius 3 is 2.29 bits per heavy atom. The quantitative estimate of drug-likeness (QED) is 0.513. The Morgan fingerprint density at radius 1 is 1.00 bits per heavy atom. The van der Waals surface area contributed by atoms with Gasteiger partial charge in [0.05, 0.1) is 0 Å². The first-order chi connectivity index (χ1) is 6.33. The van der Waals surface area contributed by atoms with E-state index in [4.69, 9.17) is 4.55 Å². The monoisotopic (exact) mass is 214 g/mol. The van der Waals surface area contributed by atoms with E-state index in [9.17, 15) is 5.11 Å². The van der Waals surface area contributed by atoms with E-state index >= 15 is 0 Å². The molecule has 0 spiro atoms. The van der Waals surface area contributed by atoms with Crippen molar-refractivity contribution in [3.05, 3.63) is 36.4 Å². The van der Waals surface area contributed by atoms with Gasteiger partial charge in [-0.25, -0.2) is 0 Å². The molecule has 0 aliphatic carbocycles. The van der Waals surface area contributed by atoms with Gasteiger partial charge in [-0.15, -0.1) is 5.75 Å². The zero-order valence-corrected chi connectivity index (χ0v) is 10.5. The summed E-state index contributed by atoms with van der Waals surface area (Å²) in [6, 6.07) is 10.4. The molecule has 2 rings (SSSR count). The standard InChI is InChI=1S/C10H8O2S.Na/c11-9-5-6-10(13-12)8-4-2-1-3-7(8)9;/h1-6,11-12H;/q;+1/p-1.